The Morgan fingerprint density at radius 2 is 2.26 bits per heavy atom. The van der Waals surface area contributed by atoms with E-state index in [0.29, 0.717) is 44.2 Å². The number of hydrogen-bond acceptors (Lipinski definition) is 5. The quantitative estimate of drug-likeness (QED) is 0.890. The number of ether oxygens (including phenoxy) is 1. The summed E-state index contributed by atoms with van der Waals surface area (Å²) >= 11 is 0. The number of nitrogens with zero attached hydrogens (tertiary/aromatic N) is 3. The van der Waals surface area contributed by atoms with Crippen LogP contribution in [0.1, 0.15) is 19.8 Å². The molecule has 1 atom stereocenters. The Bertz CT molecular complexity index is 539. The van der Waals surface area contributed by atoms with E-state index in [4.69, 9.17) is 4.74 Å². The summed E-state index contributed by atoms with van der Waals surface area (Å²) in [6.07, 6.45) is -1.77. The van der Waals surface area contributed by atoms with Crippen LogP contribution in [0.5, 0.6) is 5.88 Å². The van der Waals surface area contributed by atoms with Gasteiger partial charge in [-0.05, 0) is 19.8 Å². The zero-order valence-electron chi connectivity index (χ0n) is 12.8. The fourth-order valence-corrected chi connectivity index (χ4v) is 2.46. The number of rotatable bonds is 5. The number of carbonyl (C=O) groups excluding carboxylic acids is 1. The van der Waals surface area contributed by atoms with Gasteiger partial charge in [-0.25, -0.2) is 9.97 Å². The molecule has 2 heterocycles. The van der Waals surface area contributed by atoms with Crippen LogP contribution in [0.15, 0.2) is 12.4 Å². The fraction of sp³-hybridized carbons (Fsp3) is 0.643. The molecule has 0 unspecified atom stereocenters. The number of amides is 1. The molecule has 1 fully saturated rings. The van der Waals surface area contributed by atoms with Crippen molar-refractivity contribution in [2.45, 2.75) is 25.9 Å². The maximum atomic E-state index is 12.2. The van der Waals surface area contributed by atoms with Gasteiger partial charge in [-0.1, -0.05) is 0 Å². The molecule has 0 aromatic carbocycles. The Morgan fingerprint density at radius 1 is 1.48 bits per heavy atom. The summed E-state index contributed by atoms with van der Waals surface area (Å²) in [5.74, 6) is -0.0272. The fourth-order valence-electron chi connectivity index (χ4n) is 2.46. The van der Waals surface area contributed by atoms with E-state index >= 15 is 0 Å². The van der Waals surface area contributed by atoms with Crippen LogP contribution < -0.4 is 15.0 Å². The van der Waals surface area contributed by atoms with Crippen LogP contribution in [0.2, 0.25) is 0 Å². The molecule has 1 aromatic rings. The van der Waals surface area contributed by atoms with Crippen molar-refractivity contribution < 1.29 is 22.7 Å². The van der Waals surface area contributed by atoms with Crippen molar-refractivity contribution in [3.05, 3.63) is 12.4 Å². The number of anilines is 1. The number of hydrogen-bond donors (Lipinski definition) is 1. The lowest BCUT2D eigenvalue weighted by Crippen LogP contribution is -2.45. The second-order valence-corrected chi connectivity index (χ2v) is 5.27. The van der Waals surface area contributed by atoms with Gasteiger partial charge in [-0.3, -0.25) is 4.79 Å². The van der Waals surface area contributed by atoms with E-state index in [1.54, 1.807) is 6.07 Å². The summed E-state index contributed by atoms with van der Waals surface area (Å²) in [6.45, 7) is 2.02. The molecule has 0 spiro atoms. The van der Waals surface area contributed by atoms with Crippen LogP contribution in [0, 0.1) is 5.92 Å². The van der Waals surface area contributed by atoms with Crippen LogP contribution >= 0.6 is 0 Å². The summed E-state index contributed by atoms with van der Waals surface area (Å²) in [5, 5.41) is 1.95. The van der Waals surface area contributed by atoms with Gasteiger partial charge in [0.2, 0.25) is 11.8 Å². The highest BCUT2D eigenvalue weighted by Gasteiger charge is 2.31. The number of carbonyl (C=O) groups is 1. The lowest BCUT2D eigenvalue weighted by Gasteiger charge is -2.32. The molecule has 6 nitrogen and oxygen atoms in total. The molecule has 1 aliphatic rings. The van der Waals surface area contributed by atoms with E-state index in [2.05, 4.69) is 9.97 Å². The van der Waals surface area contributed by atoms with E-state index in [9.17, 15) is 18.0 Å². The van der Waals surface area contributed by atoms with E-state index < -0.39 is 24.5 Å². The van der Waals surface area contributed by atoms with Crippen LogP contribution in [-0.4, -0.2) is 48.3 Å². The van der Waals surface area contributed by atoms with Crippen molar-refractivity contribution in [2.24, 2.45) is 5.92 Å². The molecule has 2 rings (SSSR count). The van der Waals surface area contributed by atoms with E-state index in [1.165, 1.54) is 6.33 Å². The topological polar surface area (TPSA) is 67.3 Å². The first-order valence-electron chi connectivity index (χ1n) is 7.43. The lowest BCUT2D eigenvalue weighted by atomic mass is 9.97. The van der Waals surface area contributed by atoms with Crippen molar-refractivity contribution in [2.75, 3.05) is 31.1 Å². The van der Waals surface area contributed by atoms with Crippen LogP contribution in [0.3, 0.4) is 0 Å². The first-order chi connectivity index (χ1) is 10.9. The largest absolute Gasteiger partial charge is 0.478 e. The van der Waals surface area contributed by atoms with Gasteiger partial charge in [0.25, 0.3) is 0 Å². The molecular formula is C14H19F3N4O2. The normalized spacial score (nSPS) is 18.6. The summed E-state index contributed by atoms with van der Waals surface area (Å²) in [4.78, 5) is 21.9. The molecule has 0 saturated carbocycles. The minimum absolute atomic E-state index is 0.326. The molecular weight excluding hydrogens is 313 g/mol. The molecule has 0 aliphatic carbocycles. The molecule has 1 N–H and O–H groups in total. The Labute approximate surface area is 132 Å². The van der Waals surface area contributed by atoms with E-state index in [1.807, 2.05) is 17.1 Å². The summed E-state index contributed by atoms with van der Waals surface area (Å²) in [5.41, 5.74) is 0. The standard InChI is InChI=1S/C14H19F3N4O2/c1-2-23-12-6-11(19-9-20-12)21-5-3-4-10(7-21)13(22)18-8-14(15,16)17/h6,9-10H,2-5,7-8H2,1H3,(H,18,22)/t10-/m1/s1. The average Bonchev–Trinajstić information content (AvgIpc) is 2.53. The highest BCUT2D eigenvalue weighted by molar-refractivity contribution is 5.79. The zero-order valence-corrected chi connectivity index (χ0v) is 12.8. The van der Waals surface area contributed by atoms with Crippen molar-refractivity contribution >= 4 is 11.7 Å². The van der Waals surface area contributed by atoms with Gasteiger partial charge >= 0.3 is 6.18 Å². The Kier molecular flexibility index (Phi) is 5.62. The average molecular weight is 332 g/mol. The second kappa shape index (κ2) is 7.47. The van der Waals surface area contributed by atoms with Crippen molar-refractivity contribution in [1.82, 2.24) is 15.3 Å². The number of piperidine rings is 1. The Hall–Kier alpha value is -2.06. The highest BCUT2D eigenvalue weighted by atomic mass is 19.4. The third-order valence-electron chi connectivity index (χ3n) is 3.50. The lowest BCUT2D eigenvalue weighted by molar-refractivity contribution is -0.140. The predicted octanol–water partition coefficient (Wildman–Crippen LogP) is 1.77. The summed E-state index contributed by atoms with van der Waals surface area (Å²) in [7, 11) is 0. The molecule has 0 radical (unpaired) electrons. The maximum Gasteiger partial charge on any atom is 0.405 e. The SMILES string of the molecule is CCOc1cc(N2CCC[C@@H](C(=O)NCC(F)(F)F)C2)ncn1. The third kappa shape index (κ3) is 5.26. The highest BCUT2D eigenvalue weighted by Crippen LogP contribution is 2.24. The van der Waals surface area contributed by atoms with Crippen LogP contribution in [0.4, 0.5) is 19.0 Å². The van der Waals surface area contributed by atoms with Crippen molar-refractivity contribution in [3.8, 4) is 5.88 Å². The summed E-state index contributed by atoms with van der Waals surface area (Å²) in [6, 6.07) is 1.67. The Morgan fingerprint density at radius 3 is 2.96 bits per heavy atom. The first kappa shape index (κ1) is 17.3. The molecule has 1 aromatic heterocycles. The molecule has 0 bridgehead atoms. The van der Waals surface area contributed by atoms with E-state index in [0.717, 1.165) is 0 Å². The first-order valence-corrected chi connectivity index (χ1v) is 7.43. The van der Waals surface area contributed by atoms with Gasteiger partial charge in [0.1, 0.15) is 18.7 Å². The minimum atomic E-state index is -4.40. The molecule has 1 saturated heterocycles. The third-order valence-corrected chi connectivity index (χ3v) is 3.50. The van der Waals surface area contributed by atoms with Crippen molar-refractivity contribution in [1.29, 1.82) is 0 Å². The van der Waals surface area contributed by atoms with E-state index in [-0.39, 0.29) is 0 Å². The monoisotopic (exact) mass is 332 g/mol. The second-order valence-electron chi connectivity index (χ2n) is 5.27. The van der Waals surface area contributed by atoms with Gasteiger partial charge in [0.05, 0.1) is 12.5 Å². The number of nitrogens with one attached hydrogen (secondary N) is 1. The Balaban J connectivity index is 1.97. The molecule has 128 valence electrons. The van der Waals surface area contributed by atoms with Crippen molar-refractivity contribution in [3.63, 3.8) is 0 Å². The van der Waals surface area contributed by atoms with Crippen LogP contribution in [0.25, 0.3) is 0 Å². The smallest absolute Gasteiger partial charge is 0.405 e. The number of halogens is 3. The van der Waals surface area contributed by atoms with Crippen LogP contribution in [-0.2, 0) is 4.79 Å². The predicted molar refractivity (Wildman–Crippen MR) is 77.2 cm³/mol. The molecule has 1 amide bonds. The number of alkyl halides is 3. The van der Waals surface area contributed by atoms with Gasteiger partial charge < -0.3 is 15.0 Å². The number of aromatic nitrogens is 2. The van der Waals surface area contributed by atoms with Gasteiger partial charge in [-0.15, -0.1) is 0 Å². The molecule has 9 heteroatoms. The van der Waals surface area contributed by atoms with Gasteiger partial charge in [0, 0.05) is 19.2 Å². The zero-order chi connectivity index (χ0) is 16.9. The maximum absolute atomic E-state index is 12.2. The molecule has 23 heavy (non-hydrogen) atoms. The van der Waals surface area contributed by atoms with Gasteiger partial charge in [0.15, 0.2) is 0 Å². The molecule has 1 aliphatic heterocycles. The minimum Gasteiger partial charge on any atom is -0.478 e. The summed E-state index contributed by atoms with van der Waals surface area (Å²) < 4.78 is 41.9. The van der Waals surface area contributed by atoms with Gasteiger partial charge in [-0.2, -0.15) is 13.2 Å².